The maximum Gasteiger partial charge on any atom is 0.217 e. The van der Waals surface area contributed by atoms with Crippen molar-refractivity contribution in [2.24, 2.45) is 0 Å². The van der Waals surface area contributed by atoms with Crippen LogP contribution >= 0.6 is 0 Å². The minimum absolute atomic E-state index is 0.429. The standard InChI is InChI=1S/C22H25N7O/c1-5-30-21-16(7-6-9-24-21)22(3,4)18-11-17(20-19(27-18)14(2)28-29-20)25-12-15-8-10-23-13-26-15/h6-11,13H,5,12H2,1-4H3,(H,25,27)(H,28,29). The van der Waals surface area contributed by atoms with E-state index in [-0.39, 0.29) is 0 Å². The monoisotopic (exact) mass is 403 g/mol. The summed E-state index contributed by atoms with van der Waals surface area (Å²) in [5.41, 5.74) is 5.82. The van der Waals surface area contributed by atoms with E-state index in [0.29, 0.717) is 19.0 Å². The Hall–Kier alpha value is -3.55. The van der Waals surface area contributed by atoms with E-state index < -0.39 is 5.41 Å². The zero-order chi connectivity index (χ0) is 21.1. The third-order valence-electron chi connectivity index (χ3n) is 5.15. The molecule has 4 rings (SSSR count). The summed E-state index contributed by atoms with van der Waals surface area (Å²) < 4.78 is 5.79. The van der Waals surface area contributed by atoms with Gasteiger partial charge in [0.2, 0.25) is 5.88 Å². The first kappa shape index (κ1) is 19.8. The largest absolute Gasteiger partial charge is 0.478 e. The van der Waals surface area contributed by atoms with Gasteiger partial charge in [0, 0.05) is 23.4 Å². The Kier molecular flexibility index (Phi) is 5.31. The molecule has 0 bridgehead atoms. The van der Waals surface area contributed by atoms with Gasteiger partial charge in [-0.25, -0.2) is 19.9 Å². The number of anilines is 1. The van der Waals surface area contributed by atoms with Crippen molar-refractivity contribution in [3.05, 3.63) is 65.6 Å². The molecule has 0 amide bonds. The SMILES string of the molecule is CCOc1ncccc1C(C)(C)c1cc(NCc2ccncn2)c2n[nH]c(C)c2n1. The lowest BCUT2D eigenvalue weighted by molar-refractivity contribution is 0.317. The fourth-order valence-electron chi connectivity index (χ4n) is 3.43. The summed E-state index contributed by atoms with van der Waals surface area (Å²) in [5.74, 6) is 0.631. The van der Waals surface area contributed by atoms with Gasteiger partial charge in [-0.3, -0.25) is 5.10 Å². The zero-order valence-corrected chi connectivity index (χ0v) is 17.6. The molecule has 0 atom stereocenters. The normalized spacial score (nSPS) is 11.6. The zero-order valence-electron chi connectivity index (χ0n) is 17.6. The summed E-state index contributed by atoms with van der Waals surface area (Å²) in [7, 11) is 0. The summed E-state index contributed by atoms with van der Waals surface area (Å²) in [6.45, 7) is 9.31. The van der Waals surface area contributed by atoms with Crippen molar-refractivity contribution < 1.29 is 4.74 Å². The number of aryl methyl sites for hydroxylation is 1. The highest BCUT2D eigenvalue weighted by atomic mass is 16.5. The maximum atomic E-state index is 5.79. The van der Waals surface area contributed by atoms with Crippen LogP contribution in [0.3, 0.4) is 0 Å². The average Bonchev–Trinajstić information content (AvgIpc) is 3.14. The highest BCUT2D eigenvalue weighted by Gasteiger charge is 2.30. The van der Waals surface area contributed by atoms with Gasteiger partial charge in [0.25, 0.3) is 0 Å². The topological polar surface area (TPSA) is 101 Å². The van der Waals surface area contributed by atoms with Crippen molar-refractivity contribution >= 4 is 16.7 Å². The molecule has 0 spiro atoms. The molecule has 4 aromatic rings. The lowest BCUT2D eigenvalue weighted by Crippen LogP contribution is -2.23. The summed E-state index contributed by atoms with van der Waals surface area (Å²) in [6.07, 6.45) is 5.03. The molecule has 0 unspecified atom stereocenters. The molecular weight excluding hydrogens is 378 g/mol. The summed E-state index contributed by atoms with van der Waals surface area (Å²) in [5, 5.41) is 11.0. The molecular formula is C22H25N7O. The molecule has 0 saturated carbocycles. The quantitative estimate of drug-likeness (QED) is 0.484. The third kappa shape index (κ3) is 3.68. The molecule has 154 valence electrons. The van der Waals surface area contributed by atoms with Gasteiger partial charge in [-0.15, -0.1) is 0 Å². The van der Waals surface area contributed by atoms with Crippen LogP contribution in [0.5, 0.6) is 5.88 Å². The Bertz CT molecular complexity index is 1150. The second kappa shape index (κ2) is 8.06. The maximum absolute atomic E-state index is 5.79. The molecule has 2 N–H and O–H groups in total. The van der Waals surface area contributed by atoms with Gasteiger partial charge in [0.05, 0.1) is 35.9 Å². The van der Waals surface area contributed by atoms with Crippen LogP contribution in [-0.4, -0.2) is 36.7 Å². The first-order valence-electron chi connectivity index (χ1n) is 9.94. The van der Waals surface area contributed by atoms with E-state index in [4.69, 9.17) is 9.72 Å². The van der Waals surface area contributed by atoms with Crippen molar-refractivity contribution in [1.29, 1.82) is 0 Å². The number of ether oxygens (including phenoxy) is 1. The number of nitrogens with zero attached hydrogens (tertiary/aromatic N) is 5. The number of aromatic amines is 1. The predicted octanol–water partition coefficient (Wildman–Crippen LogP) is 3.79. The lowest BCUT2D eigenvalue weighted by atomic mass is 9.81. The van der Waals surface area contributed by atoms with Gasteiger partial charge in [-0.1, -0.05) is 6.07 Å². The minimum Gasteiger partial charge on any atom is -0.478 e. The second-order valence-corrected chi connectivity index (χ2v) is 7.57. The Morgan fingerprint density at radius 3 is 2.77 bits per heavy atom. The number of aromatic nitrogens is 6. The van der Waals surface area contributed by atoms with Crippen molar-refractivity contribution in [2.75, 3.05) is 11.9 Å². The Morgan fingerprint density at radius 1 is 1.13 bits per heavy atom. The molecule has 0 aliphatic heterocycles. The number of rotatable bonds is 7. The van der Waals surface area contributed by atoms with Crippen molar-refractivity contribution in [3.63, 3.8) is 0 Å². The molecule has 0 aliphatic rings. The average molecular weight is 403 g/mol. The molecule has 8 heteroatoms. The van der Waals surface area contributed by atoms with Crippen LogP contribution in [0.15, 0.2) is 43.0 Å². The van der Waals surface area contributed by atoms with Crippen LogP contribution in [-0.2, 0) is 12.0 Å². The van der Waals surface area contributed by atoms with Gasteiger partial charge in [0.15, 0.2) is 0 Å². The van der Waals surface area contributed by atoms with Crippen LogP contribution in [0.4, 0.5) is 5.69 Å². The molecule has 0 aliphatic carbocycles. The van der Waals surface area contributed by atoms with E-state index in [1.54, 1.807) is 18.7 Å². The molecule has 4 aromatic heterocycles. The third-order valence-corrected chi connectivity index (χ3v) is 5.15. The number of fused-ring (bicyclic) bond motifs is 1. The number of nitrogens with one attached hydrogen (secondary N) is 2. The number of pyridine rings is 2. The minimum atomic E-state index is -0.429. The van der Waals surface area contributed by atoms with Gasteiger partial charge >= 0.3 is 0 Å². The van der Waals surface area contributed by atoms with E-state index in [0.717, 1.165) is 39.4 Å². The summed E-state index contributed by atoms with van der Waals surface area (Å²) in [4.78, 5) is 17.6. The van der Waals surface area contributed by atoms with E-state index in [1.165, 1.54) is 0 Å². The summed E-state index contributed by atoms with van der Waals surface area (Å²) >= 11 is 0. The van der Waals surface area contributed by atoms with Crippen molar-refractivity contribution in [3.8, 4) is 5.88 Å². The van der Waals surface area contributed by atoms with Crippen LogP contribution < -0.4 is 10.1 Å². The Labute approximate surface area is 175 Å². The van der Waals surface area contributed by atoms with Crippen LogP contribution in [0.2, 0.25) is 0 Å². The molecule has 0 aromatic carbocycles. The van der Waals surface area contributed by atoms with E-state index >= 15 is 0 Å². The summed E-state index contributed by atoms with van der Waals surface area (Å²) in [6, 6.07) is 7.90. The molecule has 0 fully saturated rings. The first-order valence-corrected chi connectivity index (χ1v) is 9.94. The van der Waals surface area contributed by atoms with Crippen LogP contribution in [0.25, 0.3) is 11.0 Å². The number of hydrogen-bond acceptors (Lipinski definition) is 7. The van der Waals surface area contributed by atoms with Gasteiger partial charge in [-0.05, 0) is 45.9 Å². The molecule has 4 heterocycles. The Morgan fingerprint density at radius 2 is 2.00 bits per heavy atom. The van der Waals surface area contributed by atoms with Crippen LogP contribution in [0, 0.1) is 6.92 Å². The van der Waals surface area contributed by atoms with Crippen molar-refractivity contribution in [2.45, 2.75) is 39.7 Å². The van der Waals surface area contributed by atoms with Crippen LogP contribution in [0.1, 0.15) is 43.4 Å². The lowest BCUT2D eigenvalue weighted by Gasteiger charge is -2.27. The fraction of sp³-hybridized carbons (Fsp3) is 0.318. The fourth-order valence-corrected chi connectivity index (χ4v) is 3.43. The van der Waals surface area contributed by atoms with Gasteiger partial charge < -0.3 is 10.1 Å². The second-order valence-electron chi connectivity index (χ2n) is 7.57. The van der Waals surface area contributed by atoms with Gasteiger partial charge in [-0.2, -0.15) is 5.10 Å². The number of H-pyrrole nitrogens is 1. The molecule has 0 radical (unpaired) electrons. The Balaban J connectivity index is 1.78. The highest BCUT2D eigenvalue weighted by molar-refractivity contribution is 5.89. The van der Waals surface area contributed by atoms with E-state index in [2.05, 4.69) is 44.3 Å². The van der Waals surface area contributed by atoms with Gasteiger partial charge in [0.1, 0.15) is 17.4 Å². The van der Waals surface area contributed by atoms with E-state index in [1.807, 2.05) is 38.1 Å². The molecule has 0 saturated heterocycles. The molecule has 30 heavy (non-hydrogen) atoms. The highest BCUT2D eigenvalue weighted by Crippen LogP contribution is 2.38. The first-order chi connectivity index (χ1) is 14.5. The predicted molar refractivity (Wildman–Crippen MR) is 116 cm³/mol. The smallest absolute Gasteiger partial charge is 0.217 e. The van der Waals surface area contributed by atoms with Crippen molar-refractivity contribution in [1.82, 2.24) is 30.1 Å². The number of hydrogen-bond donors (Lipinski definition) is 2. The molecule has 8 nitrogen and oxygen atoms in total. The van der Waals surface area contributed by atoms with E-state index in [9.17, 15) is 0 Å².